The molecule has 4 nitrogen and oxygen atoms in total. The van der Waals surface area contributed by atoms with Gasteiger partial charge in [-0.05, 0) is 0 Å². The molecular weight excluding hydrogens is 138 g/mol. The highest BCUT2D eigenvalue weighted by molar-refractivity contribution is 7.16. The Kier molecular flexibility index (Phi) is 0.762. The Bertz CT molecular complexity index is 338. The summed E-state index contributed by atoms with van der Waals surface area (Å²) in [6.07, 6.45) is 0. The largest absolute Gasteiger partial charge is 0.325 e. The van der Waals surface area contributed by atoms with Crippen LogP contribution in [0.3, 0.4) is 0 Å². The van der Waals surface area contributed by atoms with Gasteiger partial charge < -0.3 is 0 Å². The molecule has 0 unspecified atom stereocenters. The van der Waals surface area contributed by atoms with Crippen LogP contribution in [0.2, 0.25) is 0 Å². The molecule has 0 saturated carbocycles. The molecule has 0 fully saturated rings. The van der Waals surface area contributed by atoms with Gasteiger partial charge in [0.05, 0.1) is 5.51 Å². The van der Waals surface area contributed by atoms with Gasteiger partial charge in [-0.1, -0.05) is 0 Å². The van der Waals surface area contributed by atoms with Gasteiger partial charge in [-0.15, -0.1) is 11.3 Å². The molecule has 2 aromatic rings. The highest BCUT2D eigenvalue weighted by Crippen LogP contribution is 2.08. The van der Waals surface area contributed by atoms with Crippen molar-refractivity contribution in [1.82, 2.24) is 15.0 Å². The van der Waals surface area contributed by atoms with Gasteiger partial charge in [0.1, 0.15) is 4.83 Å². The van der Waals surface area contributed by atoms with E-state index in [1.165, 1.54) is 11.3 Å². The normalized spacial score (nSPS) is 10.7. The van der Waals surface area contributed by atoms with Crippen molar-refractivity contribution in [2.45, 2.75) is 0 Å². The van der Waals surface area contributed by atoms with Crippen LogP contribution in [-0.4, -0.2) is 15.0 Å². The molecule has 0 aromatic carbocycles. The van der Waals surface area contributed by atoms with Crippen molar-refractivity contribution < 1.29 is 0 Å². The summed E-state index contributed by atoms with van der Waals surface area (Å²) in [7, 11) is 0. The van der Waals surface area contributed by atoms with Crippen LogP contribution < -0.4 is 5.69 Å². The van der Waals surface area contributed by atoms with Crippen LogP contribution in [0, 0.1) is 0 Å². The number of nitrogens with one attached hydrogen (secondary N) is 2. The number of hydrogen-bond donors (Lipinski definition) is 2. The molecule has 0 saturated heterocycles. The minimum absolute atomic E-state index is 0.190. The highest BCUT2D eigenvalue weighted by Gasteiger charge is 1.96. The number of imidazole rings is 1. The van der Waals surface area contributed by atoms with Gasteiger partial charge in [-0.25, -0.2) is 9.78 Å². The molecule has 0 bridgehead atoms. The van der Waals surface area contributed by atoms with Crippen LogP contribution in [0.1, 0.15) is 0 Å². The first-order valence-electron chi connectivity index (χ1n) is 2.38. The Morgan fingerprint density at radius 1 is 1.56 bits per heavy atom. The number of nitrogens with zero attached hydrogens (tertiary/aromatic N) is 1. The second-order valence-corrected chi connectivity index (χ2v) is 2.46. The number of fused-ring (bicyclic) bond motifs is 1. The van der Waals surface area contributed by atoms with E-state index < -0.39 is 0 Å². The summed E-state index contributed by atoms with van der Waals surface area (Å²) in [5, 5.41) is 0. The molecule has 0 radical (unpaired) electrons. The summed E-state index contributed by atoms with van der Waals surface area (Å²) in [6.45, 7) is 0. The molecule has 2 N–H and O–H groups in total. The molecule has 0 aliphatic carbocycles. The number of rotatable bonds is 0. The summed E-state index contributed by atoms with van der Waals surface area (Å²) in [6, 6.07) is 0. The maximum absolute atomic E-state index is 10.5. The molecule has 2 heterocycles. The maximum Gasteiger partial charge on any atom is 0.325 e. The van der Waals surface area contributed by atoms with Gasteiger partial charge in [-0.3, -0.25) is 9.97 Å². The summed E-state index contributed by atoms with van der Waals surface area (Å²) < 4.78 is 0. The smallest absolute Gasteiger partial charge is 0.296 e. The lowest BCUT2D eigenvalue weighted by Gasteiger charge is -1.62. The maximum atomic E-state index is 10.5. The van der Waals surface area contributed by atoms with E-state index in [0.717, 1.165) is 4.83 Å². The first-order valence-corrected chi connectivity index (χ1v) is 3.26. The summed E-state index contributed by atoms with van der Waals surface area (Å²) >= 11 is 1.41. The third-order valence-corrected chi connectivity index (χ3v) is 1.77. The van der Waals surface area contributed by atoms with Crippen LogP contribution in [0.15, 0.2) is 10.3 Å². The molecule has 9 heavy (non-hydrogen) atoms. The van der Waals surface area contributed by atoms with Gasteiger partial charge in [0, 0.05) is 0 Å². The van der Waals surface area contributed by atoms with Gasteiger partial charge in [0.15, 0.2) is 5.65 Å². The van der Waals surface area contributed by atoms with Crippen LogP contribution >= 0.6 is 11.3 Å². The number of aromatic nitrogens is 3. The fourth-order valence-electron chi connectivity index (χ4n) is 0.666. The van der Waals surface area contributed by atoms with Crippen molar-refractivity contribution in [1.29, 1.82) is 0 Å². The Hall–Kier alpha value is -1.10. The lowest BCUT2D eigenvalue weighted by molar-refractivity contribution is 1.20. The average molecular weight is 141 g/mol. The van der Waals surface area contributed by atoms with Crippen LogP contribution in [0.4, 0.5) is 0 Å². The van der Waals surface area contributed by atoms with Crippen LogP contribution in [-0.2, 0) is 0 Å². The van der Waals surface area contributed by atoms with Crippen molar-refractivity contribution in [3.63, 3.8) is 0 Å². The van der Waals surface area contributed by atoms with Crippen LogP contribution in [0.25, 0.3) is 10.5 Å². The Labute approximate surface area is 53.6 Å². The lowest BCUT2D eigenvalue weighted by Crippen LogP contribution is -1.99. The van der Waals surface area contributed by atoms with E-state index in [0.29, 0.717) is 5.65 Å². The molecule has 0 aliphatic rings. The van der Waals surface area contributed by atoms with Gasteiger partial charge >= 0.3 is 5.69 Å². The molecule has 0 spiro atoms. The first kappa shape index (κ1) is 4.75. The molecule has 0 atom stereocenters. The number of H-pyrrole nitrogens is 2. The fraction of sp³-hybridized carbons (Fsp3) is 0. The zero-order valence-electron chi connectivity index (χ0n) is 4.34. The number of aromatic amines is 2. The van der Waals surface area contributed by atoms with E-state index in [1.807, 2.05) is 0 Å². The van der Waals surface area contributed by atoms with E-state index in [2.05, 4.69) is 15.0 Å². The van der Waals surface area contributed by atoms with Crippen molar-refractivity contribution in [3.8, 4) is 0 Å². The molecule has 5 heteroatoms. The van der Waals surface area contributed by atoms with Crippen molar-refractivity contribution in [2.75, 3.05) is 0 Å². The van der Waals surface area contributed by atoms with Gasteiger partial charge in [-0.2, -0.15) is 0 Å². The van der Waals surface area contributed by atoms with Gasteiger partial charge in [0.2, 0.25) is 0 Å². The summed E-state index contributed by atoms with van der Waals surface area (Å²) in [5.74, 6) is 0. The molecule has 46 valence electrons. The van der Waals surface area contributed by atoms with E-state index in [9.17, 15) is 4.79 Å². The van der Waals surface area contributed by atoms with E-state index in [1.54, 1.807) is 5.51 Å². The van der Waals surface area contributed by atoms with Crippen LogP contribution in [0.5, 0.6) is 0 Å². The standard InChI is InChI=1S/C4H3N3OS/c8-4-6-2-3(7-4)9-1-5-2/h1H,(H2,6,7,8). The quantitative estimate of drug-likeness (QED) is 0.554. The summed E-state index contributed by atoms with van der Waals surface area (Å²) in [5.41, 5.74) is 2.13. The van der Waals surface area contributed by atoms with Crippen molar-refractivity contribution >= 4 is 21.8 Å². The van der Waals surface area contributed by atoms with E-state index in [4.69, 9.17) is 0 Å². The topological polar surface area (TPSA) is 61.5 Å². The SMILES string of the molecule is O=c1[nH]c2ncsc2[nH]1. The zero-order chi connectivity index (χ0) is 6.27. The van der Waals surface area contributed by atoms with Crippen molar-refractivity contribution in [2.24, 2.45) is 0 Å². The second-order valence-electron chi connectivity index (χ2n) is 1.61. The highest BCUT2D eigenvalue weighted by atomic mass is 32.1. The Morgan fingerprint density at radius 2 is 2.44 bits per heavy atom. The Morgan fingerprint density at radius 3 is 3.22 bits per heavy atom. The third-order valence-electron chi connectivity index (χ3n) is 1.03. The van der Waals surface area contributed by atoms with E-state index >= 15 is 0 Å². The molecule has 2 rings (SSSR count). The molecule has 2 aromatic heterocycles. The zero-order valence-corrected chi connectivity index (χ0v) is 5.16. The predicted octanol–water partition coefficient (Wildman–Crippen LogP) is 0.313. The molecular formula is C4H3N3OS. The molecule has 0 aliphatic heterocycles. The van der Waals surface area contributed by atoms with Gasteiger partial charge in [0.25, 0.3) is 0 Å². The first-order chi connectivity index (χ1) is 4.36. The molecule has 0 amide bonds. The minimum atomic E-state index is -0.190. The summed E-state index contributed by atoms with van der Waals surface area (Å²) in [4.78, 5) is 20.3. The average Bonchev–Trinajstić information content (AvgIpc) is 2.22. The predicted molar refractivity (Wildman–Crippen MR) is 34.6 cm³/mol. The monoisotopic (exact) mass is 141 g/mol. The lowest BCUT2D eigenvalue weighted by atomic mass is 10.8. The second kappa shape index (κ2) is 1.44. The minimum Gasteiger partial charge on any atom is -0.296 e. The fourth-order valence-corrected chi connectivity index (χ4v) is 1.30. The third kappa shape index (κ3) is 0.580. The number of thiazole rings is 1. The number of hydrogen-bond acceptors (Lipinski definition) is 3. The van der Waals surface area contributed by atoms with E-state index in [-0.39, 0.29) is 5.69 Å². The van der Waals surface area contributed by atoms with Crippen molar-refractivity contribution in [3.05, 3.63) is 16.0 Å². The Balaban J connectivity index is 3.08.